The largest absolute Gasteiger partial charge is 0.480 e. The Kier molecular flexibility index (Phi) is 6.71. The van der Waals surface area contributed by atoms with Crippen LogP contribution in [0, 0.1) is 0 Å². The molecule has 0 saturated heterocycles. The molecule has 146 valence electrons. The van der Waals surface area contributed by atoms with Gasteiger partial charge in [0.15, 0.2) is 5.82 Å². The highest BCUT2D eigenvalue weighted by atomic mass is 16.5. The predicted molar refractivity (Wildman–Crippen MR) is 100 cm³/mol. The third-order valence-electron chi connectivity index (χ3n) is 4.26. The summed E-state index contributed by atoms with van der Waals surface area (Å²) in [5, 5.41) is 13.3. The van der Waals surface area contributed by atoms with Gasteiger partial charge in [0, 0.05) is 24.8 Å². The van der Waals surface area contributed by atoms with Gasteiger partial charge >= 0.3 is 5.97 Å². The highest BCUT2D eigenvalue weighted by Gasteiger charge is 2.26. The minimum absolute atomic E-state index is 0.193. The smallest absolute Gasteiger partial charge is 0.326 e. The number of aliphatic carboxylic acids is 1. The minimum atomic E-state index is -1.02. The number of rotatable bonds is 8. The van der Waals surface area contributed by atoms with Crippen molar-refractivity contribution in [1.29, 1.82) is 0 Å². The van der Waals surface area contributed by atoms with Crippen LogP contribution in [-0.4, -0.2) is 38.1 Å². The lowest BCUT2D eigenvalue weighted by molar-refractivity contribution is -0.150. The number of amides is 1. The van der Waals surface area contributed by atoms with E-state index in [2.05, 4.69) is 10.1 Å². The summed E-state index contributed by atoms with van der Waals surface area (Å²) in [4.78, 5) is 29.8. The topological polar surface area (TPSA) is 96.5 Å². The van der Waals surface area contributed by atoms with E-state index in [1.807, 2.05) is 51.1 Å². The Morgan fingerprint density at radius 3 is 2.44 bits per heavy atom. The predicted octanol–water partition coefficient (Wildman–Crippen LogP) is 3.19. The van der Waals surface area contributed by atoms with Gasteiger partial charge in [0.1, 0.15) is 6.04 Å². The summed E-state index contributed by atoms with van der Waals surface area (Å²) >= 11 is 0. The number of aromatic nitrogens is 2. The lowest BCUT2D eigenvalue weighted by atomic mass is 9.96. The van der Waals surface area contributed by atoms with Gasteiger partial charge in [0.2, 0.25) is 11.8 Å². The van der Waals surface area contributed by atoms with E-state index in [1.165, 1.54) is 11.8 Å². The van der Waals surface area contributed by atoms with Crippen molar-refractivity contribution >= 4 is 11.9 Å². The van der Waals surface area contributed by atoms with E-state index >= 15 is 0 Å². The number of hydrogen-bond donors (Lipinski definition) is 1. The van der Waals surface area contributed by atoms with E-state index in [4.69, 9.17) is 4.52 Å². The summed E-state index contributed by atoms with van der Waals surface area (Å²) in [6.07, 6.45) is 1.22. The van der Waals surface area contributed by atoms with Crippen molar-refractivity contribution in [3.05, 3.63) is 47.6 Å². The molecule has 1 amide bonds. The van der Waals surface area contributed by atoms with Gasteiger partial charge in [-0.15, -0.1) is 0 Å². The van der Waals surface area contributed by atoms with Crippen LogP contribution in [0.15, 0.2) is 34.9 Å². The maximum absolute atomic E-state index is 12.6. The molecule has 1 heterocycles. The standard InChI is InChI=1S/C20H27N3O4/c1-14(18(25)26)23(13-15-9-6-5-7-10-15)17(24)12-8-11-16-21-19(22-27-16)20(2,3)4/h5-7,9-10,14H,8,11-13H2,1-4H3,(H,25,26). The SMILES string of the molecule is CC(C(=O)O)N(Cc1ccccc1)C(=O)CCCc1nc(C(C)(C)C)no1. The molecule has 2 aromatic rings. The molecular weight excluding hydrogens is 346 g/mol. The third-order valence-corrected chi connectivity index (χ3v) is 4.26. The summed E-state index contributed by atoms with van der Waals surface area (Å²) in [6, 6.07) is 8.47. The normalized spacial score (nSPS) is 12.6. The van der Waals surface area contributed by atoms with Crippen LogP contribution >= 0.6 is 0 Å². The van der Waals surface area contributed by atoms with Crippen molar-refractivity contribution in [2.75, 3.05) is 0 Å². The van der Waals surface area contributed by atoms with Gasteiger partial charge < -0.3 is 14.5 Å². The average molecular weight is 373 g/mol. The highest BCUT2D eigenvalue weighted by Crippen LogP contribution is 2.19. The van der Waals surface area contributed by atoms with Gasteiger partial charge in [0.25, 0.3) is 0 Å². The fourth-order valence-electron chi connectivity index (χ4n) is 2.55. The molecule has 0 radical (unpaired) electrons. The maximum Gasteiger partial charge on any atom is 0.326 e. The molecule has 7 heteroatoms. The molecule has 7 nitrogen and oxygen atoms in total. The molecule has 2 rings (SSSR count). The van der Waals surface area contributed by atoms with Crippen molar-refractivity contribution in [3.63, 3.8) is 0 Å². The summed E-state index contributed by atoms with van der Waals surface area (Å²) in [5.41, 5.74) is 0.701. The van der Waals surface area contributed by atoms with Gasteiger partial charge in [-0.25, -0.2) is 4.79 Å². The zero-order chi connectivity index (χ0) is 20.0. The second-order valence-corrected chi connectivity index (χ2v) is 7.64. The fourth-order valence-corrected chi connectivity index (χ4v) is 2.55. The molecule has 1 atom stereocenters. The zero-order valence-corrected chi connectivity index (χ0v) is 16.3. The molecule has 0 bridgehead atoms. The number of nitrogens with zero attached hydrogens (tertiary/aromatic N) is 3. The summed E-state index contributed by atoms with van der Waals surface area (Å²) < 4.78 is 5.23. The van der Waals surface area contributed by atoms with Crippen molar-refractivity contribution in [1.82, 2.24) is 15.0 Å². The Bertz CT molecular complexity index is 765. The van der Waals surface area contributed by atoms with Crippen molar-refractivity contribution < 1.29 is 19.2 Å². The summed E-state index contributed by atoms with van der Waals surface area (Å²) in [6.45, 7) is 7.79. The van der Waals surface area contributed by atoms with Crippen LogP contribution in [0.4, 0.5) is 0 Å². The van der Waals surface area contributed by atoms with Crippen LogP contribution in [0.1, 0.15) is 57.8 Å². The molecule has 1 N–H and O–H groups in total. The molecule has 0 aliphatic heterocycles. The van der Waals surface area contributed by atoms with Crippen molar-refractivity contribution in [2.45, 2.75) is 65.0 Å². The lowest BCUT2D eigenvalue weighted by Gasteiger charge is -2.26. The zero-order valence-electron chi connectivity index (χ0n) is 16.3. The minimum Gasteiger partial charge on any atom is -0.480 e. The Morgan fingerprint density at radius 1 is 1.22 bits per heavy atom. The molecular formula is C20H27N3O4. The fraction of sp³-hybridized carbons (Fsp3) is 0.500. The van der Waals surface area contributed by atoms with Gasteiger partial charge in [-0.1, -0.05) is 56.3 Å². The molecule has 1 aromatic heterocycles. The first-order valence-electron chi connectivity index (χ1n) is 9.07. The average Bonchev–Trinajstić information content (AvgIpc) is 3.09. The molecule has 27 heavy (non-hydrogen) atoms. The van der Waals surface area contributed by atoms with Crippen LogP contribution in [0.2, 0.25) is 0 Å². The Labute approximate surface area is 159 Å². The quantitative estimate of drug-likeness (QED) is 0.763. The molecule has 1 aromatic carbocycles. The highest BCUT2D eigenvalue weighted by molar-refractivity contribution is 5.83. The van der Waals surface area contributed by atoms with Crippen molar-refractivity contribution in [2.24, 2.45) is 0 Å². The number of aryl methyl sites for hydroxylation is 1. The third kappa shape index (κ3) is 5.91. The first-order chi connectivity index (χ1) is 12.7. The van der Waals surface area contributed by atoms with E-state index < -0.39 is 12.0 Å². The monoisotopic (exact) mass is 373 g/mol. The van der Waals surface area contributed by atoms with Crippen LogP contribution in [0.25, 0.3) is 0 Å². The van der Waals surface area contributed by atoms with E-state index in [0.29, 0.717) is 24.6 Å². The second kappa shape index (κ2) is 8.79. The van der Waals surface area contributed by atoms with E-state index in [-0.39, 0.29) is 24.3 Å². The number of carbonyl (C=O) groups excluding carboxylic acids is 1. The number of carbonyl (C=O) groups is 2. The molecule has 0 fully saturated rings. The number of carboxylic acid groups (broad SMARTS) is 1. The van der Waals surface area contributed by atoms with Crippen LogP contribution in [0.5, 0.6) is 0 Å². The van der Waals surface area contributed by atoms with Crippen LogP contribution < -0.4 is 0 Å². The first-order valence-corrected chi connectivity index (χ1v) is 9.07. The summed E-state index contributed by atoms with van der Waals surface area (Å²) in [5.74, 6) is -0.0991. The van der Waals surface area contributed by atoms with Crippen LogP contribution in [0.3, 0.4) is 0 Å². The first kappa shape index (κ1) is 20.6. The second-order valence-electron chi connectivity index (χ2n) is 7.64. The maximum atomic E-state index is 12.6. The Hall–Kier alpha value is -2.70. The van der Waals surface area contributed by atoms with E-state index in [9.17, 15) is 14.7 Å². The van der Waals surface area contributed by atoms with E-state index in [0.717, 1.165) is 5.56 Å². The Morgan fingerprint density at radius 2 is 1.89 bits per heavy atom. The van der Waals surface area contributed by atoms with Gasteiger partial charge in [-0.3, -0.25) is 4.79 Å². The lowest BCUT2D eigenvalue weighted by Crippen LogP contribution is -2.42. The van der Waals surface area contributed by atoms with Gasteiger partial charge in [-0.05, 0) is 18.9 Å². The molecule has 0 aliphatic carbocycles. The van der Waals surface area contributed by atoms with Crippen LogP contribution in [-0.2, 0) is 28.0 Å². The number of hydrogen-bond acceptors (Lipinski definition) is 5. The molecule has 0 aliphatic rings. The van der Waals surface area contributed by atoms with Gasteiger partial charge in [0.05, 0.1) is 0 Å². The molecule has 0 spiro atoms. The Balaban J connectivity index is 1.96. The van der Waals surface area contributed by atoms with Crippen molar-refractivity contribution in [3.8, 4) is 0 Å². The van der Waals surface area contributed by atoms with Gasteiger partial charge in [-0.2, -0.15) is 4.98 Å². The molecule has 1 unspecified atom stereocenters. The number of carboxylic acids is 1. The van der Waals surface area contributed by atoms with E-state index in [1.54, 1.807) is 0 Å². The molecule has 0 saturated carbocycles. The summed E-state index contributed by atoms with van der Waals surface area (Å²) in [7, 11) is 0. The number of benzene rings is 1.